The first-order chi connectivity index (χ1) is 29.8. The molecule has 1 atom stereocenters. The molecule has 62 heavy (non-hydrogen) atoms. The number of nitrogens with zero attached hydrogens (tertiary/aromatic N) is 3. The maximum Gasteiger partial charge on any atom is 0.144 e. The summed E-state index contributed by atoms with van der Waals surface area (Å²) in [5.74, 6) is -1.73. The molecule has 304 valence electrons. The molecule has 0 fully saturated rings. The Morgan fingerprint density at radius 2 is 1.03 bits per heavy atom. The molecule has 0 saturated heterocycles. The number of allylic oxidation sites excluding steroid dienone is 4. The lowest BCUT2D eigenvalue weighted by atomic mass is 9.86. The third-order valence-corrected chi connectivity index (χ3v) is 12.7. The van der Waals surface area contributed by atoms with Crippen LogP contribution in [0.3, 0.4) is 0 Å². The summed E-state index contributed by atoms with van der Waals surface area (Å²) in [4.78, 5) is 0. The molecule has 10 rings (SSSR count). The summed E-state index contributed by atoms with van der Waals surface area (Å²) in [6.07, 6.45) is 4.88. The molecule has 0 amide bonds. The van der Waals surface area contributed by atoms with Crippen molar-refractivity contribution in [2.45, 2.75) is 64.8 Å². The predicted octanol–water partition coefficient (Wildman–Crippen LogP) is 15.6. The molecule has 0 N–H and O–H groups in total. The SMILES string of the molecule is CC(C)(C)c1ccc2c(c1)c1ccc(-c3ccccc3)cc1n2C1=CC(n2c3ccc(C(C)(C)C)cc3c3ccc(-c4ccccc4)cc32)CC(c2cc(F)c(C#N)c(F)c2)=C1. The topological polar surface area (TPSA) is 33.6 Å². The summed E-state index contributed by atoms with van der Waals surface area (Å²) < 4.78 is 36.0. The first-order valence-corrected chi connectivity index (χ1v) is 21.4. The van der Waals surface area contributed by atoms with Crippen LogP contribution in [0.1, 0.15) is 76.3 Å². The van der Waals surface area contributed by atoms with Gasteiger partial charge in [0, 0.05) is 32.8 Å². The maximum atomic E-state index is 15.6. The van der Waals surface area contributed by atoms with Gasteiger partial charge in [-0.25, -0.2) is 8.78 Å². The molecule has 1 unspecified atom stereocenters. The molecule has 3 nitrogen and oxygen atoms in total. The molecule has 7 aromatic carbocycles. The Balaban J connectivity index is 1.29. The van der Waals surface area contributed by atoms with E-state index in [9.17, 15) is 5.26 Å². The van der Waals surface area contributed by atoms with E-state index in [0.717, 1.165) is 77.1 Å². The van der Waals surface area contributed by atoms with Crippen molar-refractivity contribution in [2.24, 2.45) is 0 Å². The molecule has 2 aromatic heterocycles. The fourth-order valence-electron chi connectivity index (χ4n) is 9.40. The van der Waals surface area contributed by atoms with E-state index in [1.54, 1.807) is 6.07 Å². The van der Waals surface area contributed by atoms with Gasteiger partial charge >= 0.3 is 0 Å². The average Bonchev–Trinajstić information content (AvgIpc) is 3.77. The summed E-state index contributed by atoms with van der Waals surface area (Å²) in [5, 5.41) is 14.2. The standard InChI is InChI=1S/C57H47F2N3/c1-56(2,3)41-19-23-52-47(31-41)45-21-17-37(35-13-9-7-10-14-35)29-54(45)61(52)43-25-39(40-27-50(58)49(34-60)51(59)28-40)26-44(33-43)62-53-24-20-42(57(4,5)6)32-48(53)46-22-18-38(30-55(46)62)36-15-11-8-12-16-36/h7-25,27-33,44H,26H2,1-6H3. The number of nitriles is 1. The largest absolute Gasteiger partial charge is 0.333 e. The highest BCUT2D eigenvalue weighted by atomic mass is 19.1. The Morgan fingerprint density at radius 1 is 0.516 bits per heavy atom. The van der Waals surface area contributed by atoms with Crippen molar-refractivity contribution >= 4 is 54.9 Å². The van der Waals surface area contributed by atoms with Crippen molar-refractivity contribution in [3.8, 4) is 28.3 Å². The quantitative estimate of drug-likeness (QED) is 0.170. The van der Waals surface area contributed by atoms with Crippen molar-refractivity contribution in [1.82, 2.24) is 9.13 Å². The summed E-state index contributed by atoms with van der Waals surface area (Å²) in [6.45, 7) is 13.4. The van der Waals surface area contributed by atoms with Gasteiger partial charge in [-0.3, -0.25) is 0 Å². The van der Waals surface area contributed by atoms with Gasteiger partial charge in [0.2, 0.25) is 0 Å². The Hall–Kier alpha value is -7.03. The second-order valence-electron chi connectivity index (χ2n) is 18.8. The summed E-state index contributed by atoms with van der Waals surface area (Å²) in [7, 11) is 0. The molecular weight excluding hydrogens is 765 g/mol. The van der Waals surface area contributed by atoms with E-state index in [2.05, 4.69) is 184 Å². The van der Waals surface area contributed by atoms with Crippen LogP contribution >= 0.6 is 0 Å². The first kappa shape index (κ1) is 39.1. The van der Waals surface area contributed by atoms with Crippen LogP contribution in [0.25, 0.3) is 77.1 Å². The summed E-state index contributed by atoms with van der Waals surface area (Å²) in [5.41, 5.74) is 12.5. The number of aromatic nitrogens is 2. The number of fused-ring (bicyclic) bond motifs is 6. The van der Waals surface area contributed by atoms with E-state index < -0.39 is 17.2 Å². The van der Waals surface area contributed by atoms with E-state index in [4.69, 9.17) is 0 Å². The Bertz CT molecular complexity index is 3340. The van der Waals surface area contributed by atoms with Gasteiger partial charge in [0.25, 0.3) is 0 Å². The van der Waals surface area contributed by atoms with Crippen LogP contribution in [0.15, 0.2) is 158 Å². The summed E-state index contributed by atoms with van der Waals surface area (Å²) >= 11 is 0. The van der Waals surface area contributed by atoms with Gasteiger partial charge in [-0.15, -0.1) is 0 Å². The van der Waals surface area contributed by atoms with Crippen molar-refractivity contribution in [3.63, 3.8) is 0 Å². The second kappa shape index (κ2) is 14.6. The minimum Gasteiger partial charge on any atom is -0.333 e. The highest BCUT2D eigenvalue weighted by Gasteiger charge is 2.28. The lowest BCUT2D eigenvalue weighted by Gasteiger charge is -2.27. The first-order valence-electron chi connectivity index (χ1n) is 21.4. The van der Waals surface area contributed by atoms with Crippen LogP contribution in [-0.2, 0) is 10.8 Å². The highest BCUT2D eigenvalue weighted by molar-refractivity contribution is 6.13. The fourth-order valence-corrected chi connectivity index (χ4v) is 9.40. The Labute approximate surface area is 361 Å². The van der Waals surface area contributed by atoms with Crippen molar-refractivity contribution < 1.29 is 8.78 Å². The van der Waals surface area contributed by atoms with Crippen LogP contribution in [0, 0.1) is 23.0 Å². The van der Waals surface area contributed by atoms with Crippen LogP contribution < -0.4 is 0 Å². The molecule has 2 heterocycles. The Morgan fingerprint density at radius 3 is 1.58 bits per heavy atom. The number of hydrogen-bond acceptors (Lipinski definition) is 1. The monoisotopic (exact) mass is 811 g/mol. The van der Waals surface area contributed by atoms with Gasteiger partial charge in [-0.05, 0) is 122 Å². The van der Waals surface area contributed by atoms with Gasteiger partial charge in [0.15, 0.2) is 0 Å². The number of halogens is 2. The molecule has 0 spiro atoms. The molecule has 0 radical (unpaired) electrons. The average molecular weight is 812 g/mol. The fraction of sp³-hybridized carbons (Fsp3) is 0.175. The third kappa shape index (κ3) is 6.62. The molecule has 5 heteroatoms. The molecule has 1 aliphatic carbocycles. The minimum atomic E-state index is -0.866. The van der Waals surface area contributed by atoms with Crippen LogP contribution in [-0.4, -0.2) is 9.13 Å². The molecule has 0 aliphatic heterocycles. The van der Waals surface area contributed by atoms with Crippen LogP contribution in [0.4, 0.5) is 8.78 Å². The highest BCUT2D eigenvalue weighted by Crippen LogP contribution is 2.45. The number of hydrogen-bond donors (Lipinski definition) is 0. The van der Waals surface area contributed by atoms with Gasteiger partial charge in [0.1, 0.15) is 23.3 Å². The van der Waals surface area contributed by atoms with Crippen LogP contribution in [0.2, 0.25) is 0 Å². The van der Waals surface area contributed by atoms with Crippen molar-refractivity contribution in [2.75, 3.05) is 0 Å². The van der Waals surface area contributed by atoms with Gasteiger partial charge in [-0.2, -0.15) is 5.26 Å². The third-order valence-electron chi connectivity index (χ3n) is 12.7. The lowest BCUT2D eigenvalue weighted by Crippen LogP contribution is -2.14. The zero-order chi connectivity index (χ0) is 43.1. The second-order valence-corrected chi connectivity index (χ2v) is 18.8. The van der Waals surface area contributed by atoms with E-state index in [-0.39, 0.29) is 16.9 Å². The van der Waals surface area contributed by atoms with E-state index in [1.165, 1.54) is 23.3 Å². The van der Waals surface area contributed by atoms with E-state index >= 15 is 8.78 Å². The smallest absolute Gasteiger partial charge is 0.144 e. The minimum absolute atomic E-state index is 0.0634. The van der Waals surface area contributed by atoms with E-state index in [0.29, 0.717) is 12.0 Å². The molecule has 9 aromatic rings. The molecular formula is C57H47F2N3. The molecule has 1 aliphatic rings. The van der Waals surface area contributed by atoms with Gasteiger partial charge in [0.05, 0.1) is 22.6 Å². The normalized spacial score (nSPS) is 14.7. The predicted molar refractivity (Wildman–Crippen MR) is 254 cm³/mol. The van der Waals surface area contributed by atoms with Crippen molar-refractivity contribution in [1.29, 1.82) is 5.26 Å². The lowest BCUT2D eigenvalue weighted by molar-refractivity contribution is 0.575. The zero-order valence-corrected chi connectivity index (χ0v) is 35.9. The summed E-state index contributed by atoms with van der Waals surface area (Å²) in [6, 6.07) is 51.9. The number of benzene rings is 7. The van der Waals surface area contributed by atoms with Gasteiger partial charge < -0.3 is 9.13 Å². The Kier molecular flexibility index (Phi) is 9.19. The van der Waals surface area contributed by atoms with Crippen molar-refractivity contribution in [3.05, 3.63) is 192 Å². The molecule has 0 bridgehead atoms. The van der Waals surface area contributed by atoms with Gasteiger partial charge in [-0.1, -0.05) is 139 Å². The number of rotatable bonds is 5. The van der Waals surface area contributed by atoms with E-state index in [1.807, 2.05) is 12.1 Å². The molecule has 0 saturated carbocycles. The van der Waals surface area contributed by atoms with Crippen LogP contribution in [0.5, 0.6) is 0 Å². The zero-order valence-electron chi connectivity index (χ0n) is 35.9. The maximum absolute atomic E-state index is 15.6.